The highest BCUT2D eigenvalue weighted by Crippen LogP contribution is 2.31. The normalized spacial score (nSPS) is 13.0. The van der Waals surface area contributed by atoms with Gasteiger partial charge in [-0.3, -0.25) is 9.59 Å². The summed E-state index contributed by atoms with van der Waals surface area (Å²) < 4.78 is 35.7. The van der Waals surface area contributed by atoms with Crippen LogP contribution in [0.15, 0.2) is 60.8 Å². The van der Waals surface area contributed by atoms with Crippen molar-refractivity contribution < 1.29 is 37.7 Å². The Bertz CT molecular complexity index is 1290. The summed E-state index contributed by atoms with van der Waals surface area (Å²) in [4.78, 5) is 41.2. The molecule has 11 heteroatoms. The van der Waals surface area contributed by atoms with Gasteiger partial charge >= 0.3 is 11.9 Å². The van der Waals surface area contributed by atoms with E-state index in [9.17, 15) is 18.8 Å². The van der Waals surface area contributed by atoms with Gasteiger partial charge in [-0.1, -0.05) is 41.9 Å². The molecule has 0 aliphatic heterocycles. The average molecular weight is 545 g/mol. The van der Waals surface area contributed by atoms with Crippen molar-refractivity contribution >= 4 is 29.4 Å². The first kappa shape index (κ1) is 28.4. The molecule has 9 nitrogen and oxygen atoms in total. The number of halogens is 2. The zero-order valence-corrected chi connectivity index (χ0v) is 21.8. The summed E-state index contributed by atoms with van der Waals surface area (Å²) in [6.45, 7) is 4.19. The fourth-order valence-corrected chi connectivity index (χ4v) is 3.70. The minimum Gasteiger partial charge on any atom is -0.493 e. The van der Waals surface area contributed by atoms with Gasteiger partial charge in [-0.05, 0) is 31.5 Å². The molecule has 3 rings (SSSR count). The molecule has 0 radical (unpaired) electrons. The highest BCUT2D eigenvalue weighted by Gasteiger charge is 2.29. The molecule has 0 unspecified atom stereocenters. The standard InChI is InChI=1S/C27H26ClFN2O7/c1-15(31-26(33)23-25(37-17(3)32)22(35-4)10-11-30-23)27(34)36-16(2)24(18-8-6-5-7-9-18)38-21-13-19(28)12-20(29)14-21/h5-16,24H,1-4H3,(H,31,33)/t15-,16-,24-/m0/s1. The minimum absolute atomic E-state index is 0.115. The predicted octanol–water partition coefficient (Wildman–Crippen LogP) is 4.68. The lowest BCUT2D eigenvalue weighted by Crippen LogP contribution is -2.42. The molecule has 1 aromatic heterocycles. The minimum atomic E-state index is -1.12. The first-order valence-electron chi connectivity index (χ1n) is 11.5. The second-order valence-electron chi connectivity index (χ2n) is 8.18. The van der Waals surface area contributed by atoms with E-state index in [-0.39, 0.29) is 28.0 Å². The number of pyridine rings is 1. The summed E-state index contributed by atoms with van der Waals surface area (Å²) >= 11 is 5.96. The second kappa shape index (κ2) is 12.9. The Balaban J connectivity index is 1.76. The van der Waals surface area contributed by atoms with Gasteiger partial charge in [0.05, 0.1) is 7.11 Å². The molecule has 3 atom stereocenters. The third kappa shape index (κ3) is 7.42. The maximum atomic E-state index is 13.9. The van der Waals surface area contributed by atoms with Gasteiger partial charge in [0.1, 0.15) is 23.7 Å². The van der Waals surface area contributed by atoms with Crippen LogP contribution >= 0.6 is 11.6 Å². The predicted molar refractivity (Wildman–Crippen MR) is 136 cm³/mol. The van der Waals surface area contributed by atoms with Gasteiger partial charge < -0.3 is 24.3 Å². The number of amides is 1. The maximum absolute atomic E-state index is 13.9. The van der Waals surface area contributed by atoms with Crippen LogP contribution in [0.4, 0.5) is 4.39 Å². The summed E-state index contributed by atoms with van der Waals surface area (Å²) in [5.74, 6) is -2.75. The number of aromatic nitrogens is 1. The number of esters is 2. The van der Waals surface area contributed by atoms with Crippen LogP contribution in [0.3, 0.4) is 0 Å². The molecule has 0 spiro atoms. The summed E-state index contributed by atoms with van der Waals surface area (Å²) in [6.07, 6.45) is -0.388. The third-order valence-corrected chi connectivity index (χ3v) is 5.42. The summed E-state index contributed by atoms with van der Waals surface area (Å²) in [7, 11) is 1.34. The number of hydrogen-bond acceptors (Lipinski definition) is 8. The Hall–Kier alpha value is -4.18. The van der Waals surface area contributed by atoms with E-state index in [2.05, 4.69) is 10.3 Å². The topological polar surface area (TPSA) is 113 Å². The third-order valence-electron chi connectivity index (χ3n) is 5.21. The number of ether oxygens (including phenoxy) is 4. The number of nitrogens with zero attached hydrogens (tertiary/aromatic N) is 1. The molecule has 200 valence electrons. The van der Waals surface area contributed by atoms with E-state index in [0.29, 0.717) is 5.56 Å². The fourth-order valence-electron chi connectivity index (χ4n) is 3.49. The Morgan fingerprint density at radius 1 is 1.05 bits per heavy atom. The molecule has 0 aliphatic rings. The lowest BCUT2D eigenvalue weighted by atomic mass is 10.0. The van der Waals surface area contributed by atoms with Crippen LogP contribution in [0.2, 0.25) is 5.02 Å². The van der Waals surface area contributed by atoms with Crippen molar-refractivity contribution in [1.82, 2.24) is 10.3 Å². The molecule has 0 saturated heterocycles. The Morgan fingerprint density at radius 3 is 2.39 bits per heavy atom. The largest absolute Gasteiger partial charge is 0.493 e. The monoisotopic (exact) mass is 544 g/mol. The fraction of sp³-hybridized carbons (Fsp3) is 0.259. The van der Waals surface area contributed by atoms with Crippen LogP contribution in [-0.4, -0.2) is 42.1 Å². The van der Waals surface area contributed by atoms with Crippen molar-refractivity contribution in [2.75, 3.05) is 7.11 Å². The Morgan fingerprint density at radius 2 is 1.76 bits per heavy atom. The molecular weight excluding hydrogens is 519 g/mol. The van der Waals surface area contributed by atoms with Gasteiger partial charge in [-0.15, -0.1) is 0 Å². The number of carbonyl (C=O) groups excluding carboxylic acids is 3. The maximum Gasteiger partial charge on any atom is 0.328 e. The van der Waals surface area contributed by atoms with E-state index in [0.717, 1.165) is 6.07 Å². The van der Waals surface area contributed by atoms with Crippen LogP contribution < -0.4 is 19.5 Å². The molecule has 0 fully saturated rings. The lowest BCUT2D eigenvalue weighted by Gasteiger charge is -2.27. The van der Waals surface area contributed by atoms with Crippen molar-refractivity contribution in [3.8, 4) is 17.2 Å². The molecule has 1 heterocycles. The van der Waals surface area contributed by atoms with Crippen molar-refractivity contribution in [2.24, 2.45) is 0 Å². The van der Waals surface area contributed by atoms with Gasteiger partial charge in [0.25, 0.3) is 5.91 Å². The number of methoxy groups -OCH3 is 1. The van der Waals surface area contributed by atoms with E-state index < -0.39 is 41.9 Å². The smallest absolute Gasteiger partial charge is 0.328 e. The van der Waals surface area contributed by atoms with Crippen LogP contribution in [0.5, 0.6) is 17.2 Å². The van der Waals surface area contributed by atoms with E-state index in [4.69, 9.17) is 30.5 Å². The van der Waals surface area contributed by atoms with Gasteiger partial charge in [0, 0.05) is 30.3 Å². The lowest BCUT2D eigenvalue weighted by molar-refractivity contribution is -0.154. The first-order chi connectivity index (χ1) is 18.1. The molecule has 0 aliphatic carbocycles. The van der Waals surface area contributed by atoms with Crippen molar-refractivity contribution in [3.05, 3.63) is 82.9 Å². The van der Waals surface area contributed by atoms with Gasteiger partial charge in [-0.25, -0.2) is 14.2 Å². The van der Waals surface area contributed by atoms with Crippen molar-refractivity contribution in [3.63, 3.8) is 0 Å². The van der Waals surface area contributed by atoms with E-state index in [1.807, 2.05) is 6.07 Å². The number of hydrogen-bond donors (Lipinski definition) is 1. The number of rotatable bonds is 10. The van der Waals surface area contributed by atoms with Crippen LogP contribution in [0, 0.1) is 5.82 Å². The van der Waals surface area contributed by atoms with Gasteiger partial charge in [-0.2, -0.15) is 0 Å². The van der Waals surface area contributed by atoms with Crippen LogP contribution in [0.25, 0.3) is 0 Å². The van der Waals surface area contributed by atoms with E-state index in [1.54, 1.807) is 31.2 Å². The van der Waals surface area contributed by atoms with Crippen molar-refractivity contribution in [1.29, 1.82) is 0 Å². The molecule has 0 bridgehead atoms. The highest BCUT2D eigenvalue weighted by molar-refractivity contribution is 6.30. The zero-order valence-electron chi connectivity index (χ0n) is 21.1. The van der Waals surface area contributed by atoms with Crippen LogP contribution in [0.1, 0.15) is 42.9 Å². The van der Waals surface area contributed by atoms with Crippen molar-refractivity contribution in [2.45, 2.75) is 39.0 Å². The summed E-state index contributed by atoms with van der Waals surface area (Å²) in [5.41, 5.74) is 0.414. The van der Waals surface area contributed by atoms with E-state index >= 15 is 0 Å². The quantitative estimate of drug-likeness (QED) is 0.366. The van der Waals surface area contributed by atoms with E-state index in [1.165, 1.54) is 45.4 Å². The van der Waals surface area contributed by atoms with Crippen LogP contribution in [-0.2, 0) is 14.3 Å². The summed E-state index contributed by atoms with van der Waals surface area (Å²) in [5, 5.41) is 2.62. The summed E-state index contributed by atoms with van der Waals surface area (Å²) in [6, 6.07) is 13.0. The van der Waals surface area contributed by atoms with Gasteiger partial charge in [0.15, 0.2) is 17.5 Å². The number of carbonyl (C=O) groups is 3. The highest BCUT2D eigenvalue weighted by atomic mass is 35.5. The molecule has 38 heavy (non-hydrogen) atoms. The molecular formula is C27H26ClFN2O7. The Labute approximate surface area is 223 Å². The zero-order chi connectivity index (χ0) is 27.8. The Kier molecular flexibility index (Phi) is 9.61. The molecule has 2 aromatic carbocycles. The molecule has 0 saturated carbocycles. The molecule has 1 N–H and O–H groups in total. The second-order valence-corrected chi connectivity index (χ2v) is 8.61. The average Bonchev–Trinajstić information content (AvgIpc) is 2.86. The molecule has 1 amide bonds. The number of nitrogens with one attached hydrogen (secondary N) is 1. The van der Waals surface area contributed by atoms with Gasteiger partial charge in [0.2, 0.25) is 5.75 Å². The number of benzene rings is 2. The SMILES string of the molecule is COc1ccnc(C(=O)N[C@@H](C)C(=O)O[C@@H](C)[C@H](Oc2cc(F)cc(Cl)c2)c2ccccc2)c1OC(C)=O. The molecule has 3 aromatic rings. The first-order valence-corrected chi connectivity index (χ1v) is 11.9.